The maximum atomic E-state index is 14.8. The lowest BCUT2D eigenvalue weighted by molar-refractivity contribution is -0.142. The number of rotatable bonds is 7. The largest absolute Gasteiger partial charge is 0.481 e. The Kier molecular flexibility index (Phi) is 5.54. The van der Waals surface area contributed by atoms with Crippen LogP contribution in [0.25, 0.3) is 16.6 Å². The van der Waals surface area contributed by atoms with Gasteiger partial charge in [-0.1, -0.05) is 12.1 Å². The number of aromatic nitrogens is 3. The first-order chi connectivity index (χ1) is 16.0. The maximum Gasteiger partial charge on any atom is 0.343 e. The van der Waals surface area contributed by atoms with Gasteiger partial charge in [0.15, 0.2) is 6.61 Å². The second-order valence-corrected chi connectivity index (χ2v) is 8.30. The molecule has 5 rings (SSSR count). The molecule has 1 saturated carbocycles. The van der Waals surface area contributed by atoms with Crippen molar-refractivity contribution in [2.45, 2.75) is 32.1 Å². The van der Waals surface area contributed by atoms with E-state index >= 15 is 0 Å². The molecule has 0 radical (unpaired) electrons. The molecule has 33 heavy (non-hydrogen) atoms. The van der Waals surface area contributed by atoms with Crippen LogP contribution in [-0.2, 0) is 16.0 Å². The molecule has 0 saturated heterocycles. The van der Waals surface area contributed by atoms with Crippen molar-refractivity contribution in [3.8, 4) is 11.4 Å². The highest BCUT2D eigenvalue weighted by atomic mass is 19.1. The Morgan fingerprint density at radius 2 is 1.97 bits per heavy atom. The standard InChI is InChI=1S/C26H24FN3O3/c1-16-20(14-17-4-8-19(9-5-17)30-13-3-12-28-30)25(18-6-7-18)29-26-21(27)10-11-22(24(16)26)33-15-23(31)32-2/h3-5,8-13,18H,6-7,14-15H2,1-2H3. The Hall–Kier alpha value is -3.74. The number of halogens is 1. The molecular weight excluding hydrogens is 421 g/mol. The van der Waals surface area contributed by atoms with E-state index in [9.17, 15) is 9.18 Å². The smallest absolute Gasteiger partial charge is 0.343 e. The highest BCUT2D eigenvalue weighted by molar-refractivity contribution is 5.90. The third-order valence-corrected chi connectivity index (χ3v) is 6.08. The molecule has 0 unspecified atom stereocenters. The van der Waals surface area contributed by atoms with E-state index in [0.29, 0.717) is 23.5 Å². The second-order valence-electron chi connectivity index (χ2n) is 8.30. The van der Waals surface area contributed by atoms with Gasteiger partial charge >= 0.3 is 5.97 Å². The molecule has 0 bridgehead atoms. The minimum Gasteiger partial charge on any atom is -0.481 e. The van der Waals surface area contributed by atoms with E-state index in [1.807, 2.05) is 36.0 Å². The van der Waals surface area contributed by atoms with Crippen LogP contribution in [-0.4, -0.2) is 34.5 Å². The number of nitrogens with zero attached hydrogens (tertiary/aromatic N) is 3. The van der Waals surface area contributed by atoms with Crippen molar-refractivity contribution in [2.24, 2.45) is 0 Å². The Labute approximate surface area is 191 Å². The summed E-state index contributed by atoms with van der Waals surface area (Å²) in [6.45, 7) is 1.74. The van der Waals surface area contributed by atoms with Crippen LogP contribution in [0.1, 0.15) is 41.1 Å². The summed E-state index contributed by atoms with van der Waals surface area (Å²) in [6.07, 6.45) is 6.44. The van der Waals surface area contributed by atoms with Crippen LogP contribution < -0.4 is 4.74 Å². The molecule has 2 aromatic carbocycles. The lowest BCUT2D eigenvalue weighted by atomic mass is 9.93. The molecule has 1 aliphatic rings. The lowest BCUT2D eigenvalue weighted by Crippen LogP contribution is -2.13. The average molecular weight is 445 g/mol. The Balaban J connectivity index is 1.56. The summed E-state index contributed by atoms with van der Waals surface area (Å²) in [4.78, 5) is 16.4. The fraction of sp³-hybridized carbons (Fsp3) is 0.269. The number of hydrogen-bond donors (Lipinski definition) is 0. The van der Waals surface area contributed by atoms with Crippen molar-refractivity contribution in [1.29, 1.82) is 0 Å². The highest BCUT2D eigenvalue weighted by Crippen LogP contribution is 2.44. The predicted molar refractivity (Wildman–Crippen MR) is 122 cm³/mol. The number of carbonyl (C=O) groups excluding carboxylic acids is 1. The van der Waals surface area contributed by atoms with Crippen LogP contribution >= 0.6 is 0 Å². The first-order valence-corrected chi connectivity index (χ1v) is 11.0. The summed E-state index contributed by atoms with van der Waals surface area (Å²) in [5, 5.41) is 4.88. The normalized spacial score (nSPS) is 13.3. The topological polar surface area (TPSA) is 66.2 Å². The SMILES string of the molecule is COC(=O)COc1ccc(F)c2nc(C3CC3)c(Cc3ccc(-n4cccn4)cc3)c(C)c12. The van der Waals surface area contributed by atoms with E-state index in [2.05, 4.69) is 22.0 Å². The molecule has 1 aliphatic carbocycles. The van der Waals surface area contributed by atoms with E-state index in [1.54, 1.807) is 12.3 Å². The van der Waals surface area contributed by atoms with E-state index in [1.165, 1.54) is 13.2 Å². The summed E-state index contributed by atoms with van der Waals surface area (Å²) in [5.74, 6) is -0.106. The van der Waals surface area contributed by atoms with Crippen molar-refractivity contribution in [3.63, 3.8) is 0 Å². The van der Waals surface area contributed by atoms with Gasteiger partial charge in [-0.3, -0.25) is 0 Å². The highest BCUT2D eigenvalue weighted by Gasteiger charge is 2.30. The van der Waals surface area contributed by atoms with Crippen LogP contribution in [0.4, 0.5) is 4.39 Å². The van der Waals surface area contributed by atoms with Gasteiger partial charge in [0.2, 0.25) is 0 Å². The average Bonchev–Trinajstić information content (AvgIpc) is 3.53. The van der Waals surface area contributed by atoms with Crippen molar-refractivity contribution < 1.29 is 18.7 Å². The second kappa shape index (κ2) is 8.65. The first-order valence-electron chi connectivity index (χ1n) is 11.0. The van der Waals surface area contributed by atoms with Gasteiger partial charge in [-0.05, 0) is 73.2 Å². The minimum absolute atomic E-state index is 0.245. The predicted octanol–water partition coefficient (Wildman–Crippen LogP) is 4.89. The van der Waals surface area contributed by atoms with E-state index in [4.69, 9.17) is 9.72 Å². The molecule has 0 spiro atoms. The number of carbonyl (C=O) groups is 1. The van der Waals surface area contributed by atoms with Gasteiger partial charge < -0.3 is 9.47 Å². The molecule has 2 heterocycles. The lowest BCUT2D eigenvalue weighted by Gasteiger charge is -2.18. The fourth-order valence-corrected chi connectivity index (χ4v) is 4.18. The van der Waals surface area contributed by atoms with Gasteiger partial charge in [0.1, 0.15) is 17.1 Å². The van der Waals surface area contributed by atoms with E-state index < -0.39 is 11.8 Å². The molecular formula is C26H24FN3O3. The first kappa shape index (κ1) is 21.1. The van der Waals surface area contributed by atoms with Gasteiger partial charge in [0, 0.05) is 29.4 Å². The van der Waals surface area contributed by atoms with Gasteiger partial charge in [-0.2, -0.15) is 5.10 Å². The van der Waals surface area contributed by atoms with Crippen molar-refractivity contribution in [2.75, 3.05) is 13.7 Å². The number of benzene rings is 2. The van der Waals surface area contributed by atoms with Crippen LogP contribution in [0.2, 0.25) is 0 Å². The maximum absolute atomic E-state index is 14.8. The molecule has 0 N–H and O–H groups in total. The quantitative estimate of drug-likeness (QED) is 0.379. The molecule has 2 aromatic heterocycles. The fourth-order valence-electron chi connectivity index (χ4n) is 4.18. The summed E-state index contributed by atoms with van der Waals surface area (Å²) in [6, 6.07) is 13.0. The minimum atomic E-state index is -0.495. The molecule has 0 amide bonds. The summed E-state index contributed by atoms with van der Waals surface area (Å²) >= 11 is 0. The number of aryl methyl sites for hydroxylation is 1. The van der Waals surface area contributed by atoms with E-state index in [0.717, 1.165) is 40.9 Å². The van der Waals surface area contributed by atoms with Crippen molar-refractivity contribution in [1.82, 2.24) is 14.8 Å². The van der Waals surface area contributed by atoms with Crippen LogP contribution in [0.15, 0.2) is 54.9 Å². The van der Waals surface area contributed by atoms with Gasteiger partial charge in [0.25, 0.3) is 0 Å². The molecule has 0 aliphatic heterocycles. The number of ether oxygens (including phenoxy) is 2. The van der Waals surface area contributed by atoms with Crippen LogP contribution in [0, 0.1) is 12.7 Å². The van der Waals surface area contributed by atoms with Crippen LogP contribution in [0.5, 0.6) is 5.75 Å². The zero-order valence-electron chi connectivity index (χ0n) is 18.5. The molecule has 168 valence electrons. The Bertz CT molecular complexity index is 1310. The van der Waals surface area contributed by atoms with Crippen LogP contribution in [0.3, 0.4) is 0 Å². The number of methoxy groups -OCH3 is 1. The third kappa shape index (κ3) is 4.18. The monoisotopic (exact) mass is 445 g/mol. The zero-order chi connectivity index (χ0) is 22.9. The molecule has 1 fully saturated rings. The summed E-state index contributed by atoms with van der Waals surface area (Å²) < 4.78 is 27.0. The molecule has 4 aromatic rings. The molecule has 6 nitrogen and oxygen atoms in total. The van der Waals surface area contributed by atoms with Gasteiger partial charge in [0.05, 0.1) is 12.8 Å². The van der Waals surface area contributed by atoms with Crippen molar-refractivity contribution >= 4 is 16.9 Å². The van der Waals surface area contributed by atoms with E-state index in [-0.39, 0.29) is 12.1 Å². The Morgan fingerprint density at radius 3 is 2.64 bits per heavy atom. The molecule has 7 heteroatoms. The van der Waals surface area contributed by atoms with Crippen molar-refractivity contribution in [3.05, 3.63) is 83.1 Å². The molecule has 0 atom stereocenters. The summed E-state index contributed by atoms with van der Waals surface area (Å²) in [5.41, 5.74) is 5.38. The Morgan fingerprint density at radius 1 is 1.18 bits per heavy atom. The van der Waals surface area contributed by atoms with Gasteiger partial charge in [-0.25, -0.2) is 18.9 Å². The number of esters is 1. The number of fused-ring (bicyclic) bond motifs is 1. The number of pyridine rings is 1. The summed E-state index contributed by atoms with van der Waals surface area (Å²) in [7, 11) is 1.30. The van der Waals surface area contributed by atoms with Gasteiger partial charge in [-0.15, -0.1) is 0 Å². The third-order valence-electron chi connectivity index (χ3n) is 6.08. The zero-order valence-corrected chi connectivity index (χ0v) is 18.5. The number of hydrogen-bond acceptors (Lipinski definition) is 5.